The molecule has 0 bridgehead atoms. The van der Waals surface area contributed by atoms with Crippen molar-refractivity contribution in [3.63, 3.8) is 0 Å². The molecule has 0 heterocycles. The Morgan fingerprint density at radius 3 is 2.32 bits per heavy atom. The molecule has 7 heteroatoms. The average Bonchev–Trinajstić information content (AvgIpc) is 2.47. The number of amides is 3. The standard InChI is InChI=1S/C15H23N3O4/c1-9-6-12(21-4)13(22-5)7-11(9)8-18(3)10(2)14(19)17-15(16)20/h6-7,10H,8H2,1-5H3,(H3,16,17,19,20)/t10-/m0/s1. The zero-order valence-electron chi connectivity index (χ0n) is 13.6. The quantitative estimate of drug-likeness (QED) is 0.818. The average molecular weight is 309 g/mol. The summed E-state index contributed by atoms with van der Waals surface area (Å²) < 4.78 is 10.5. The van der Waals surface area contributed by atoms with Crippen molar-refractivity contribution in [2.75, 3.05) is 21.3 Å². The molecule has 3 N–H and O–H groups in total. The Morgan fingerprint density at radius 1 is 1.27 bits per heavy atom. The van der Waals surface area contributed by atoms with Crippen LogP contribution in [0.3, 0.4) is 0 Å². The number of carbonyl (C=O) groups is 2. The maximum atomic E-state index is 11.8. The zero-order valence-corrected chi connectivity index (χ0v) is 13.6. The van der Waals surface area contributed by atoms with Crippen LogP contribution in [0.2, 0.25) is 0 Å². The third-order valence-corrected chi connectivity index (χ3v) is 3.55. The summed E-state index contributed by atoms with van der Waals surface area (Å²) in [6, 6.07) is 2.41. The topological polar surface area (TPSA) is 93.9 Å². The van der Waals surface area contributed by atoms with E-state index in [1.54, 1.807) is 28.2 Å². The van der Waals surface area contributed by atoms with E-state index < -0.39 is 18.0 Å². The minimum atomic E-state index is -0.854. The number of ether oxygens (including phenoxy) is 2. The second-order valence-corrected chi connectivity index (χ2v) is 5.08. The first-order valence-corrected chi connectivity index (χ1v) is 6.82. The minimum Gasteiger partial charge on any atom is -0.493 e. The fourth-order valence-corrected chi connectivity index (χ4v) is 2.02. The summed E-state index contributed by atoms with van der Waals surface area (Å²) in [7, 11) is 4.95. The van der Waals surface area contributed by atoms with Crippen LogP contribution in [-0.2, 0) is 11.3 Å². The number of urea groups is 1. The lowest BCUT2D eigenvalue weighted by molar-refractivity contribution is -0.124. The first-order chi connectivity index (χ1) is 10.3. The first kappa shape index (κ1) is 17.8. The number of carbonyl (C=O) groups excluding carboxylic acids is 2. The Hall–Kier alpha value is -2.28. The van der Waals surface area contributed by atoms with Crippen LogP contribution < -0.4 is 20.5 Å². The highest BCUT2D eigenvalue weighted by Gasteiger charge is 2.20. The molecule has 22 heavy (non-hydrogen) atoms. The Kier molecular flexibility index (Phi) is 6.18. The molecule has 1 aromatic rings. The second-order valence-electron chi connectivity index (χ2n) is 5.08. The molecular weight excluding hydrogens is 286 g/mol. The van der Waals surface area contributed by atoms with Crippen LogP contribution >= 0.6 is 0 Å². The number of nitrogens with one attached hydrogen (secondary N) is 1. The van der Waals surface area contributed by atoms with Gasteiger partial charge in [0.05, 0.1) is 20.3 Å². The number of rotatable bonds is 6. The monoisotopic (exact) mass is 309 g/mol. The minimum absolute atomic E-state index is 0.437. The highest BCUT2D eigenvalue weighted by atomic mass is 16.5. The van der Waals surface area contributed by atoms with Gasteiger partial charge >= 0.3 is 6.03 Å². The van der Waals surface area contributed by atoms with Crippen molar-refractivity contribution < 1.29 is 19.1 Å². The molecule has 0 aliphatic heterocycles. The van der Waals surface area contributed by atoms with Crippen LogP contribution in [0.1, 0.15) is 18.1 Å². The van der Waals surface area contributed by atoms with Gasteiger partial charge in [-0.1, -0.05) is 0 Å². The SMILES string of the molecule is COc1cc(C)c(CN(C)[C@@H](C)C(=O)NC(N)=O)cc1OC. The van der Waals surface area contributed by atoms with E-state index in [1.807, 2.05) is 24.0 Å². The molecule has 0 aromatic heterocycles. The molecule has 0 radical (unpaired) electrons. The lowest BCUT2D eigenvalue weighted by Crippen LogP contribution is -2.46. The van der Waals surface area contributed by atoms with Gasteiger partial charge in [0.25, 0.3) is 0 Å². The van der Waals surface area contributed by atoms with E-state index >= 15 is 0 Å². The van der Waals surface area contributed by atoms with Crippen LogP contribution in [0, 0.1) is 6.92 Å². The molecule has 1 atom stereocenters. The number of benzene rings is 1. The van der Waals surface area contributed by atoms with Gasteiger partial charge in [-0.2, -0.15) is 0 Å². The normalized spacial score (nSPS) is 11.9. The van der Waals surface area contributed by atoms with E-state index in [0.29, 0.717) is 18.0 Å². The Morgan fingerprint density at radius 2 is 1.82 bits per heavy atom. The largest absolute Gasteiger partial charge is 0.493 e. The smallest absolute Gasteiger partial charge is 0.318 e. The Balaban J connectivity index is 2.89. The molecule has 7 nitrogen and oxygen atoms in total. The maximum absolute atomic E-state index is 11.8. The highest BCUT2D eigenvalue weighted by molar-refractivity contribution is 5.96. The van der Waals surface area contributed by atoms with Gasteiger partial charge in [-0.15, -0.1) is 0 Å². The molecule has 0 aliphatic carbocycles. The van der Waals surface area contributed by atoms with E-state index in [1.165, 1.54) is 0 Å². The van der Waals surface area contributed by atoms with Gasteiger partial charge in [-0.05, 0) is 44.2 Å². The highest BCUT2D eigenvalue weighted by Crippen LogP contribution is 2.30. The van der Waals surface area contributed by atoms with Gasteiger partial charge in [0.1, 0.15) is 0 Å². The first-order valence-electron chi connectivity index (χ1n) is 6.82. The van der Waals surface area contributed by atoms with Crippen LogP contribution in [0.25, 0.3) is 0 Å². The summed E-state index contributed by atoms with van der Waals surface area (Å²) in [5.74, 6) is 0.852. The third-order valence-electron chi connectivity index (χ3n) is 3.55. The number of nitrogens with two attached hydrogens (primary N) is 1. The van der Waals surface area contributed by atoms with Crippen LogP contribution in [0.4, 0.5) is 4.79 Å². The van der Waals surface area contributed by atoms with E-state index in [2.05, 4.69) is 5.32 Å². The van der Waals surface area contributed by atoms with Crippen molar-refractivity contribution in [3.8, 4) is 11.5 Å². The molecule has 0 spiro atoms. The molecule has 0 unspecified atom stereocenters. The lowest BCUT2D eigenvalue weighted by atomic mass is 10.1. The maximum Gasteiger partial charge on any atom is 0.318 e. The molecule has 0 fully saturated rings. The van der Waals surface area contributed by atoms with Gasteiger partial charge in [0.2, 0.25) is 5.91 Å². The van der Waals surface area contributed by atoms with E-state index in [0.717, 1.165) is 11.1 Å². The van der Waals surface area contributed by atoms with Gasteiger partial charge in [0, 0.05) is 6.54 Å². The molecule has 122 valence electrons. The fraction of sp³-hybridized carbons (Fsp3) is 0.467. The molecule has 3 amide bonds. The second kappa shape index (κ2) is 7.65. The molecular formula is C15H23N3O4. The summed E-state index contributed by atoms with van der Waals surface area (Å²) in [6.45, 7) is 4.17. The van der Waals surface area contributed by atoms with Gasteiger partial charge in [-0.25, -0.2) is 4.79 Å². The number of hydrogen-bond acceptors (Lipinski definition) is 5. The van der Waals surface area contributed by atoms with Crippen molar-refractivity contribution in [1.29, 1.82) is 0 Å². The number of likely N-dealkylation sites (N-methyl/N-ethyl adjacent to an activating group) is 1. The van der Waals surface area contributed by atoms with Gasteiger partial charge < -0.3 is 15.2 Å². The number of primary amides is 1. The summed E-state index contributed by atoms with van der Waals surface area (Å²) in [5.41, 5.74) is 6.98. The number of nitrogens with zero attached hydrogens (tertiary/aromatic N) is 1. The summed E-state index contributed by atoms with van der Waals surface area (Å²) in [5, 5.41) is 2.08. The summed E-state index contributed by atoms with van der Waals surface area (Å²) >= 11 is 0. The Bertz CT molecular complexity index is 560. The summed E-state index contributed by atoms with van der Waals surface area (Å²) in [6.07, 6.45) is 0. The van der Waals surface area contributed by atoms with Crippen molar-refractivity contribution in [2.45, 2.75) is 26.4 Å². The Labute approximate surface area is 130 Å². The molecule has 1 aromatic carbocycles. The predicted octanol–water partition coefficient (Wildman–Crippen LogP) is 1.03. The summed E-state index contributed by atoms with van der Waals surface area (Å²) in [4.78, 5) is 24.4. The van der Waals surface area contributed by atoms with E-state index in [9.17, 15) is 9.59 Å². The predicted molar refractivity (Wildman–Crippen MR) is 82.9 cm³/mol. The molecule has 1 rings (SSSR count). The molecule has 0 saturated carbocycles. The van der Waals surface area contributed by atoms with Crippen LogP contribution in [0.5, 0.6) is 11.5 Å². The lowest BCUT2D eigenvalue weighted by Gasteiger charge is -2.24. The van der Waals surface area contributed by atoms with Gasteiger partial charge in [-0.3, -0.25) is 15.0 Å². The van der Waals surface area contributed by atoms with Crippen molar-refractivity contribution in [3.05, 3.63) is 23.3 Å². The molecule has 0 saturated heterocycles. The zero-order chi connectivity index (χ0) is 16.9. The van der Waals surface area contributed by atoms with Crippen molar-refractivity contribution >= 4 is 11.9 Å². The van der Waals surface area contributed by atoms with Crippen molar-refractivity contribution in [1.82, 2.24) is 10.2 Å². The van der Waals surface area contributed by atoms with Crippen molar-refractivity contribution in [2.24, 2.45) is 5.73 Å². The third kappa shape index (κ3) is 4.36. The number of imide groups is 1. The fourth-order valence-electron chi connectivity index (χ4n) is 2.02. The number of methoxy groups -OCH3 is 2. The number of aryl methyl sites for hydroxylation is 1. The van der Waals surface area contributed by atoms with Crippen LogP contribution in [-0.4, -0.2) is 44.1 Å². The van der Waals surface area contributed by atoms with E-state index in [-0.39, 0.29) is 0 Å². The van der Waals surface area contributed by atoms with Gasteiger partial charge in [0.15, 0.2) is 11.5 Å². The van der Waals surface area contributed by atoms with E-state index in [4.69, 9.17) is 15.2 Å². The molecule has 0 aliphatic rings. The number of hydrogen-bond donors (Lipinski definition) is 2. The van der Waals surface area contributed by atoms with Crippen LogP contribution in [0.15, 0.2) is 12.1 Å².